The lowest BCUT2D eigenvalue weighted by atomic mass is 10.0. The van der Waals surface area contributed by atoms with E-state index in [0.29, 0.717) is 19.4 Å². The molecule has 0 aromatic carbocycles. The monoisotopic (exact) mass is 970 g/mol. The predicted octanol–water partition coefficient (Wildman–Crippen LogP) is 19.2. The van der Waals surface area contributed by atoms with Gasteiger partial charge in [0.15, 0.2) is 0 Å². The lowest BCUT2D eigenvalue weighted by molar-refractivity contribution is -0.143. The van der Waals surface area contributed by atoms with Crippen LogP contribution >= 0.6 is 0 Å². The molecule has 0 aliphatic rings. The molecule has 0 rings (SSSR count). The topological polar surface area (TPSA) is 95.9 Å². The van der Waals surface area contributed by atoms with Crippen molar-refractivity contribution >= 4 is 11.9 Å². The number of allylic oxidation sites excluding steroid dienone is 5. The minimum Gasteiger partial charge on any atom is -0.466 e. The Morgan fingerprint density at radius 2 is 0.739 bits per heavy atom. The smallest absolute Gasteiger partial charge is 0.305 e. The zero-order chi connectivity index (χ0) is 50.0. The van der Waals surface area contributed by atoms with Gasteiger partial charge in [0.05, 0.1) is 25.4 Å². The maximum absolute atomic E-state index is 12.4. The lowest BCUT2D eigenvalue weighted by Crippen LogP contribution is -2.45. The Hall–Kier alpha value is -1.92. The van der Waals surface area contributed by atoms with E-state index >= 15 is 0 Å². The van der Waals surface area contributed by atoms with Crippen LogP contribution in [-0.4, -0.2) is 47.4 Å². The second-order valence-electron chi connectivity index (χ2n) is 21.0. The quantitative estimate of drug-likeness (QED) is 0.0321. The Morgan fingerprint density at radius 1 is 0.406 bits per heavy atom. The van der Waals surface area contributed by atoms with Crippen LogP contribution in [0.4, 0.5) is 0 Å². The van der Waals surface area contributed by atoms with Gasteiger partial charge < -0.3 is 20.3 Å². The van der Waals surface area contributed by atoms with E-state index in [-0.39, 0.29) is 18.5 Å². The van der Waals surface area contributed by atoms with Gasteiger partial charge in [0.1, 0.15) is 0 Å². The maximum Gasteiger partial charge on any atom is 0.305 e. The van der Waals surface area contributed by atoms with Gasteiger partial charge in [-0.15, -0.1) is 0 Å². The van der Waals surface area contributed by atoms with Gasteiger partial charge in [-0.2, -0.15) is 0 Å². The second kappa shape index (κ2) is 58.6. The Kier molecular flexibility index (Phi) is 57.0. The van der Waals surface area contributed by atoms with Gasteiger partial charge in [0.25, 0.3) is 0 Å². The van der Waals surface area contributed by atoms with Crippen molar-refractivity contribution < 1.29 is 24.5 Å². The standard InChI is InChI=1S/C63H119NO5/c1-3-5-7-9-11-13-15-17-33-37-41-45-49-53-57-63(68)69-58-54-50-46-42-38-34-30-28-26-24-22-20-18-19-21-23-25-27-29-32-36-40-44-48-52-56-62(67)64-60(59-65)61(66)55-51-47-43-39-35-31-16-14-12-10-8-6-4-2/h9,11,15,17,51,55,60-61,65-66H,3-8,10,12-14,16,18-50,52-54,56-59H2,1-2H3,(H,64,67)/b11-9-,17-15-,55-51+. The summed E-state index contributed by atoms with van der Waals surface area (Å²) in [7, 11) is 0. The van der Waals surface area contributed by atoms with E-state index < -0.39 is 12.1 Å². The molecule has 406 valence electrons. The predicted molar refractivity (Wildman–Crippen MR) is 301 cm³/mol. The highest BCUT2D eigenvalue weighted by molar-refractivity contribution is 5.76. The summed E-state index contributed by atoms with van der Waals surface area (Å²) in [6.07, 6.45) is 73.3. The Balaban J connectivity index is 3.37. The first kappa shape index (κ1) is 67.1. The second-order valence-corrected chi connectivity index (χ2v) is 21.0. The minimum atomic E-state index is -0.842. The Bertz CT molecular complexity index is 1120. The zero-order valence-electron chi connectivity index (χ0n) is 46.3. The SMILES string of the molecule is CCCC/C=C\C/C=C\CCCCCCCC(=O)OCCCCCCCCCCCCCCCCCCCCCCCCCCCC(=O)NC(CO)C(O)/C=C/CCCCCCCCCCCCC. The molecule has 2 atom stereocenters. The van der Waals surface area contributed by atoms with Crippen LogP contribution in [0.2, 0.25) is 0 Å². The number of unbranched alkanes of at least 4 members (excludes halogenated alkanes) is 42. The fraction of sp³-hybridized carbons (Fsp3) is 0.873. The summed E-state index contributed by atoms with van der Waals surface area (Å²) >= 11 is 0. The van der Waals surface area contributed by atoms with Gasteiger partial charge in [-0.05, 0) is 57.8 Å². The van der Waals surface area contributed by atoms with Gasteiger partial charge in [0, 0.05) is 12.8 Å². The number of hydrogen-bond acceptors (Lipinski definition) is 5. The first-order valence-electron chi connectivity index (χ1n) is 30.8. The molecule has 0 heterocycles. The molecule has 0 aliphatic carbocycles. The van der Waals surface area contributed by atoms with Crippen molar-refractivity contribution in [2.24, 2.45) is 0 Å². The molecule has 0 aliphatic heterocycles. The normalized spacial score (nSPS) is 12.8. The summed E-state index contributed by atoms with van der Waals surface area (Å²) in [6, 6.07) is -0.626. The van der Waals surface area contributed by atoms with Gasteiger partial charge in [0.2, 0.25) is 5.91 Å². The molecule has 0 saturated carbocycles. The van der Waals surface area contributed by atoms with Crippen LogP contribution in [0.25, 0.3) is 0 Å². The van der Waals surface area contributed by atoms with Crippen LogP contribution in [0.15, 0.2) is 36.5 Å². The van der Waals surface area contributed by atoms with Gasteiger partial charge in [-0.3, -0.25) is 9.59 Å². The average Bonchev–Trinajstić information content (AvgIpc) is 3.35. The van der Waals surface area contributed by atoms with E-state index in [4.69, 9.17) is 4.74 Å². The van der Waals surface area contributed by atoms with Crippen LogP contribution in [-0.2, 0) is 14.3 Å². The largest absolute Gasteiger partial charge is 0.466 e. The first-order valence-corrected chi connectivity index (χ1v) is 30.8. The van der Waals surface area contributed by atoms with E-state index in [9.17, 15) is 19.8 Å². The van der Waals surface area contributed by atoms with E-state index in [1.807, 2.05) is 6.08 Å². The molecular weight excluding hydrogens is 851 g/mol. The lowest BCUT2D eigenvalue weighted by Gasteiger charge is -2.20. The number of rotatable bonds is 57. The summed E-state index contributed by atoms with van der Waals surface area (Å²) in [5.74, 6) is -0.0649. The van der Waals surface area contributed by atoms with Crippen LogP contribution in [0.5, 0.6) is 0 Å². The van der Waals surface area contributed by atoms with Crippen molar-refractivity contribution in [2.75, 3.05) is 13.2 Å². The molecule has 0 aromatic heterocycles. The number of nitrogens with one attached hydrogen (secondary N) is 1. The molecule has 6 heteroatoms. The van der Waals surface area contributed by atoms with E-state index in [1.165, 1.54) is 250 Å². The van der Waals surface area contributed by atoms with Crippen LogP contribution in [0.3, 0.4) is 0 Å². The number of esters is 1. The van der Waals surface area contributed by atoms with Gasteiger partial charge in [-0.25, -0.2) is 0 Å². The third kappa shape index (κ3) is 55.2. The summed E-state index contributed by atoms with van der Waals surface area (Å²) in [5.41, 5.74) is 0. The summed E-state index contributed by atoms with van der Waals surface area (Å²) < 4.78 is 5.47. The molecule has 0 radical (unpaired) electrons. The molecule has 69 heavy (non-hydrogen) atoms. The highest BCUT2D eigenvalue weighted by Gasteiger charge is 2.18. The van der Waals surface area contributed by atoms with E-state index in [1.54, 1.807) is 6.08 Å². The van der Waals surface area contributed by atoms with Crippen molar-refractivity contribution in [3.63, 3.8) is 0 Å². The third-order valence-electron chi connectivity index (χ3n) is 14.2. The molecule has 0 spiro atoms. The van der Waals surface area contributed by atoms with Crippen LogP contribution in [0.1, 0.15) is 328 Å². The number of aliphatic hydroxyl groups is 2. The molecule has 0 bridgehead atoms. The molecule has 0 fully saturated rings. The number of amides is 1. The summed E-state index contributed by atoms with van der Waals surface area (Å²) in [4.78, 5) is 24.5. The molecule has 2 unspecified atom stereocenters. The Morgan fingerprint density at radius 3 is 1.14 bits per heavy atom. The fourth-order valence-electron chi connectivity index (χ4n) is 9.42. The molecule has 0 saturated heterocycles. The number of carbonyl (C=O) groups excluding carboxylic acids is 2. The molecule has 0 aromatic rings. The Labute approximate surface area is 430 Å². The van der Waals surface area contributed by atoms with E-state index in [0.717, 1.165) is 51.4 Å². The van der Waals surface area contributed by atoms with Crippen LogP contribution in [0, 0.1) is 0 Å². The van der Waals surface area contributed by atoms with Crippen molar-refractivity contribution in [2.45, 2.75) is 341 Å². The van der Waals surface area contributed by atoms with Crippen molar-refractivity contribution in [1.82, 2.24) is 5.32 Å². The average molecular weight is 971 g/mol. The van der Waals surface area contributed by atoms with Crippen LogP contribution < -0.4 is 5.32 Å². The molecule has 3 N–H and O–H groups in total. The van der Waals surface area contributed by atoms with E-state index in [2.05, 4.69) is 43.5 Å². The van der Waals surface area contributed by atoms with Gasteiger partial charge >= 0.3 is 5.97 Å². The highest BCUT2D eigenvalue weighted by atomic mass is 16.5. The third-order valence-corrected chi connectivity index (χ3v) is 14.2. The first-order chi connectivity index (χ1) is 34.0. The highest BCUT2D eigenvalue weighted by Crippen LogP contribution is 2.17. The zero-order valence-corrected chi connectivity index (χ0v) is 46.3. The fourth-order valence-corrected chi connectivity index (χ4v) is 9.42. The van der Waals surface area contributed by atoms with Crippen molar-refractivity contribution in [3.05, 3.63) is 36.5 Å². The maximum atomic E-state index is 12.4. The summed E-state index contributed by atoms with van der Waals surface area (Å²) in [5, 5.41) is 23.1. The van der Waals surface area contributed by atoms with Crippen molar-refractivity contribution in [3.8, 4) is 0 Å². The summed E-state index contributed by atoms with van der Waals surface area (Å²) in [6.45, 7) is 4.86. The molecule has 1 amide bonds. The number of carbonyl (C=O) groups is 2. The van der Waals surface area contributed by atoms with Crippen molar-refractivity contribution in [1.29, 1.82) is 0 Å². The van der Waals surface area contributed by atoms with Gasteiger partial charge in [-0.1, -0.05) is 294 Å². The number of aliphatic hydroxyl groups excluding tert-OH is 2. The number of ether oxygens (including phenoxy) is 1. The molecule has 6 nitrogen and oxygen atoms in total. The number of hydrogen-bond donors (Lipinski definition) is 3. The molecular formula is C63H119NO5. The minimum absolute atomic E-state index is 0.00116.